The third-order valence-electron chi connectivity index (χ3n) is 5.47. The number of hydrogen-bond acceptors (Lipinski definition) is 1. The normalized spacial score (nSPS) is 18.9. The lowest BCUT2D eigenvalue weighted by molar-refractivity contribution is 0.0192. The molecule has 2 heterocycles. The molecule has 1 aliphatic rings. The zero-order chi connectivity index (χ0) is 16.7. The van der Waals surface area contributed by atoms with Gasteiger partial charge in [0, 0.05) is 34.6 Å². The predicted molar refractivity (Wildman–Crippen MR) is 98.4 cm³/mol. The average molecular weight is 311 g/mol. The molecule has 23 heavy (non-hydrogen) atoms. The minimum absolute atomic E-state index is 0.0355. The van der Waals surface area contributed by atoms with Crippen molar-refractivity contribution in [1.29, 1.82) is 0 Å². The molecule has 0 unspecified atom stereocenters. The van der Waals surface area contributed by atoms with Gasteiger partial charge in [0.1, 0.15) is 11.4 Å². The van der Waals surface area contributed by atoms with Gasteiger partial charge in [-0.2, -0.15) is 0 Å². The summed E-state index contributed by atoms with van der Waals surface area (Å²) in [7, 11) is 0. The molecule has 0 saturated carbocycles. The van der Waals surface area contributed by atoms with Crippen molar-refractivity contribution in [2.24, 2.45) is 5.41 Å². The molecule has 2 heteroatoms. The van der Waals surface area contributed by atoms with Gasteiger partial charge in [-0.1, -0.05) is 51.8 Å². The monoisotopic (exact) mass is 311 g/mol. The molecule has 0 N–H and O–H groups in total. The Bertz CT molecular complexity index is 733. The Balaban J connectivity index is 2.02. The van der Waals surface area contributed by atoms with Crippen LogP contribution in [0.4, 0.5) is 0 Å². The molecule has 0 aliphatic carbocycles. The van der Waals surface area contributed by atoms with E-state index < -0.39 is 0 Å². The molecule has 1 aromatic heterocycles. The first kappa shape index (κ1) is 16.2. The Morgan fingerprint density at radius 2 is 1.78 bits per heavy atom. The van der Waals surface area contributed by atoms with E-state index in [-0.39, 0.29) is 11.0 Å². The summed E-state index contributed by atoms with van der Waals surface area (Å²) < 4.78 is 8.74. The van der Waals surface area contributed by atoms with Crippen molar-refractivity contribution in [1.82, 2.24) is 4.57 Å². The van der Waals surface area contributed by atoms with Gasteiger partial charge in [-0.15, -0.1) is 0 Å². The van der Waals surface area contributed by atoms with Crippen molar-refractivity contribution in [3.05, 3.63) is 42.1 Å². The number of nitrogens with zero attached hydrogens (tertiary/aromatic N) is 1. The van der Waals surface area contributed by atoms with E-state index in [1.54, 1.807) is 0 Å². The maximum absolute atomic E-state index is 6.34. The highest BCUT2D eigenvalue weighted by Crippen LogP contribution is 2.47. The van der Waals surface area contributed by atoms with Crippen molar-refractivity contribution in [2.75, 3.05) is 0 Å². The van der Waals surface area contributed by atoms with Crippen molar-refractivity contribution < 1.29 is 4.74 Å². The Hall–Kier alpha value is -1.70. The molecule has 124 valence electrons. The van der Waals surface area contributed by atoms with E-state index in [9.17, 15) is 0 Å². The number of hydrogen-bond donors (Lipinski definition) is 0. The van der Waals surface area contributed by atoms with Crippen LogP contribution in [0.3, 0.4) is 0 Å². The van der Waals surface area contributed by atoms with Gasteiger partial charge in [-0.25, -0.2) is 0 Å². The van der Waals surface area contributed by atoms with Crippen LogP contribution < -0.4 is 0 Å². The van der Waals surface area contributed by atoms with Gasteiger partial charge in [0.25, 0.3) is 0 Å². The highest BCUT2D eigenvalue weighted by molar-refractivity contribution is 5.92. The van der Waals surface area contributed by atoms with Crippen LogP contribution in [0.25, 0.3) is 16.7 Å². The van der Waals surface area contributed by atoms with Gasteiger partial charge in [-0.05, 0) is 32.4 Å². The molecular weight excluding hydrogens is 282 g/mol. The topological polar surface area (TPSA) is 14.2 Å². The first-order valence-corrected chi connectivity index (χ1v) is 8.86. The average Bonchev–Trinajstić information content (AvgIpc) is 2.95. The Kier molecular flexibility index (Phi) is 4.03. The lowest BCUT2D eigenvalue weighted by atomic mass is 9.78. The third-order valence-corrected chi connectivity index (χ3v) is 5.47. The highest BCUT2D eigenvalue weighted by Gasteiger charge is 2.44. The SMILES string of the molecule is CCCCCn1cc(C2=CC(C)(C)C(C)(C)O2)c2ccccc21. The van der Waals surface area contributed by atoms with Crippen LogP contribution in [0.2, 0.25) is 0 Å². The molecule has 0 radical (unpaired) electrons. The first-order chi connectivity index (χ1) is 10.9. The number of unbranched alkanes of at least 4 members (excludes halogenated alkanes) is 2. The maximum atomic E-state index is 6.34. The van der Waals surface area contributed by atoms with E-state index in [4.69, 9.17) is 4.74 Å². The number of aryl methyl sites for hydroxylation is 1. The lowest BCUT2D eigenvalue weighted by Crippen LogP contribution is -2.35. The van der Waals surface area contributed by atoms with Crippen molar-refractivity contribution in [2.45, 2.75) is 66.0 Å². The maximum Gasteiger partial charge on any atom is 0.126 e. The zero-order valence-electron chi connectivity index (χ0n) is 15.1. The van der Waals surface area contributed by atoms with Crippen LogP contribution in [0.15, 0.2) is 36.5 Å². The molecule has 3 rings (SSSR count). The van der Waals surface area contributed by atoms with Gasteiger partial charge in [0.2, 0.25) is 0 Å². The van der Waals surface area contributed by atoms with E-state index in [1.165, 1.54) is 35.7 Å². The molecule has 0 fully saturated rings. The summed E-state index contributed by atoms with van der Waals surface area (Å²) in [6.45, 7) is 12.2. The number of benzene rings is 1. The van der Waals surface area contributed by atoms with E-state index in [0.717, 1.165) is 12.3 Å². The standard InChI is InChI=1S/C21H29NO/c1-6-7-10-13-22-15-17(16-11-8-9-12-18(16)22)19-14-20(2,3)21(4,5)23-19/h8-9,11-12,14-15H,6-7,10,13H2,1-5H3. The Morgan fingerprint density at radius 3 is 2.43 bits per heavy atom. The number of para-hydroxylation sites is 1. The van der Waals surface area contributed by atoms with Crippen molar-refractivity contribution >= 4 is 16.7 Å². The summed E-state index contributed by atoms with van der Waals surface area (Å²) in [6.07, 6.45) is 8.34. The summed E-state index contributed by atoms with van der Waals surface area (Å²) in [5.74, 6) is 1.03. The number of rotatable bonds is 5. The molecule has 2 nitrogen and oxygen atoms in total. The van der Waals surface area contributed by atoms with E-state index in [0.29, 0.717) is 0 Å². The molecule has 1 aliphatic heterocycles. The number of ether oxygens (including phenoxy) is 1. The molecule has 0 saturated heterocycles. The van der Waals surface area contributed by atoms with Crippen LogP contribution in [0, 0.1) is 5.41 Å². The molecule has 0 amide bonds. The van der Waals surface area contributed by atoms with Gasteiger partial charge < -0.3 is 9.30 Å². The minimum atomic E-state index is -0.173. The molecule has 0 spiro atoms. The molecule has 1 aromatic carbocycles. The van der Waals surface area contributed by atoms with Crippen LogP contribution in [-0.4, -0.2) is 10.2 Å². The summed E-state index contributed by atoms with van der Waals surface area (Å²) in [4.78, 5) is 0. The summed E-state index contributed by atoms with van der Waals surface area (Å²) in [6, 6.07) is 8.67. The second-order valence-electron chi connectivity index (χ2n) is 7.80. The van der Waals surface area contributed by atoms with E-state index in [2.05, 4.69) is 75.7 Å². The van der Waals surface area contributed by atoms with Crippen LogP contribution in [-0.2, 0) is 11.3 Å². The van der Waals surface area contributed by atoms with Crippen LogP contribution in [0.1, 0.15) is 59.4 Å². The second-order valence-corrected chi connectivity index (χ2v) is 7.80. The molecule has 0 atom stereocenters. The van der Waals surface area contributed by atoms with Crippen LogP contribution >= 0.6 is 0 Å². The first-order valence-electron chi connectivity index (χ1n) is 8.86. The quantitative estimate of drug-likeness (QED) is 0.617. The lowest BCUT2D eigenvalue weighted by Gasteiger charge is -2.32. The fourth-order valence-corrected chi connectivity index (χ4v) is 3.23. The van der Waals surface area contributed by atoms with Crippen LogP contribution in [0.5, 0.6) is 0 Å². The fraction of sp³-hybridized carbons (Fsp3) is 0.524. The van der Waals surface area contributed by atoms with Crippen molar-refractivity contribution in [3.63, 3.8) is 0 Å². The fourth-order valence-electron chi connectivity index (χ4n) is 3.23. The summed E-state index contributed by atoms with van der Waals surface area (Å²) in [5.41, 5.74) is 2.41. The second kappa shape index (κ2) is 5.74. The third kappa shape index (κ3) is 2.80. The number of fused-ring (bicyclic) bond motifs is 1. The van der Waals surface area contributed by atoms with Gasteiger partial charge in [-0.3, -0.25) is 0 Å². The van der Waals surface area contributed by atoms with Gasteiger partial charge in [0.05, 0.1) is 0 Å². The highest BCUT2D eigenvalue weighted by atomic mass is 16.5. The molecular formula is C21H29NO. The Morgan fingerprint density at radius 1 is 1.04 bits per heavy atom. The number of aromatic nitrogens is 1. The summed E-state index contributed by atoms with van der Waals surface area (Å²) in [5, 5.41) is 1.30. The Labute approximate surface area is 140 Å². The smallest absolute Gasteiger partial charge is 0.126 e. The summed E-state index contributed by atoms with van der Waals surface area (Å²) >= 11 is 0. The van der Waals surface area contributed by atoms with E-state index >= 15 is 0 Å². The van der Waals surface area contributed by atoms with Gasteiger partial charge in [0.15, 0.2) is 0 Å². The minimum Gasteiger partial charge on any atom is -0.487 e. The molecule has 0 bridgehead atoms. The predicted octanol–water partition coefficient (Wildman–Crippen LogP) is 6.01. The molecule has 2 aromatic rings. The van der Waals surface area contributed by atoms with E-state index in [1.807, 2.05) is 0 Å². The van der Waals surface area contributed by atoms with Crippen molar-refractivity contribution in [3.8, 4) is 0 Å². The van der Waals surface area contributed by atoms with Gasteiger partial charge >= 0.3 is 0 Å². The zero-order valence-corrected chi connectivity index (χ0v) is 15.1. The largest absolute Gasteiger partial charge is 0.487 e.